The van der Waals surface area contributed by atoms with E-state index in [4.69, 9.17) is 21.1 Å². The lowest BCUT2D eigenvalue weighted by molar-refractivity contribution is -0.119. The molecule has 0 bridgehead atoms. The first-order valence-electron chi connectivity index (χ1n) is 14.4. The molecule has 3 aliphatic rings. The van der Waals surface area contributed by atoms with E-state index in [-0.39, 0.29) is 22.4 Å². The van der Waals surface area contributed by atoms with Crippen LogP contribution in [0.2, 0.25) is 5.02 Å². The first-order valence-corrected chi connectivity index (χ1v) is 15.6. The lowest BCUT2D eigenvalue weighted by Crippen LogP contribution is -2.44. The summed E-state index contributed by atoms with van der Waals surface area (Å²) in [5.41, 5.74) is 5.09. The normalized spacial score (nSPS) is 20.2. The summed E-state index contributed by atoms with van der Waals surface area (Å²) in [6.07, 6.45) is 3.39. The third-order valence-corrected chi connectivity index (χ3v) is 9.16. The van der Waals surface area contributed by atoms with Gasteiger partial charge in [0.25, 0.3) is 0 Å². The molecule has 0 saturated heterocycles. The van der Waals surface area contributed by atoms with Crippen molar-refractivity contribution in [2.45, 2.75) is 79.2 Å². The van der Waals surface area contributed by atoms with Crippen LogP contribution in [-0.4, -0.2) is 30.1 Å². The maximum atomic E-state index is 14.0. The Kier molecular flexibility index (Phi) is 8.21. The first-order chi connectivity index (χ1) is 19.3. The Labute approximate surface area is 257 Å². The summed E-state index contributed by atoms with van der Waals surface area (Å²) in [6.45, 7) is 11.9. The molecule has 0 aromatic heterocycles. The van der Waals surface area contributed by atoms with Crippen LogP contribution in [-0.2, 0) is 16.2 Å². The molecule has 0 N–H and O–H groups in total. The van der Waals surface area contributed by atoms with Crippen molar-refractivity contribution in [3.63, 3.8) is 0 Å². The van der Waals surface area contributed by atoms with Crippen LogP contribution in [0.5, 0.6) is 11.5 Å². The van der Waals surface area contributed by atoms with E-state index < -0.39 is 5.92 Å². The van der Waals surface area contributed by atoms with Crippen molar-refractivity contribution in [3.8, 4) is 11.5 Å². The number of ketones is 2. The first kappa shape index (κ1) is 29.9. The number of carbonyl (C=O) groups is 2. The molecule has 0 fully saturated rings. The summed E-state index contributed by atoms with van der Waals surface area (Å²) in [5, 5.41) is 0.393. The number of carbonyl (C=O) groups excluding carboxylic acids is 2. The van der Waals surface area contributed by atoms with E-state index >= 15 is 0 Å². The molecule has 218 valence electrons. The van der Waals surface area contributed by atoms with Gasteiger partial charge >= 0.3 is 0 Å². The third kappa shape index (κ3) is 5.87. The average molecular weight is 641 g/mol. The maximum Gasteiger partial charge on any atom is 0.180 e. The van der Waals surface area contributed by atoms with Gasteiger partial charge in [-0.05, 0) is 65.5 Å². The fraction of sp³-hybridized carbons (Fsp3) is 0.471. The van der Waals surface area contributed by atoms with Crippen LogP contribution in [0.25, 0.3) is 0 Å². The van der Waals surface area contributed by atoms with E-state index in [0.717, 1.165) is 63.9 Å². The second-order valence-corrected chi connectivity index (χ2v) is 14.5. The molecule has 1 heterocycles. The van der Waals surface area contributed by atoms with Gasteiger partial charge in [0.15, 0.2) is 23.1 Å². The molecule has 2 aliphatic carbocycles. The lowest BCUT2D eigenvalue weighted by atomic mass is 9.63. The van der Waals surface area contributed by atoms with E-state index in [1.165, 1.54) is 0 Å². The molecule has 5 nitrogen and oxygen atoms in total. The van der Waals surface area contributed by atoms with Crippen molar-refractivity contribution in [1.82, 2.24) is 4.90 Å². The van der Waals surface area contributed by atoms with Gasteiger partial charge in [0.05, 0.1) is 12.1 Å². The number of halogens is 2. The molecular weight excluding hydrogens is 602 g/mol. The molecular formula is C34H39BrClNO4. The van der Waals surface area contributed by atoms with Crippen molar-refractivity contribution < 1.29 is 19.1 Å². The fourth-order valence-electron chi connectivity index (χ4n) is 6.66. The molecule has 0 amide bonds. The summed E-state index contributed by atoms with van der Waals surface area (Å²) >= 11 is 10.4. The van der Waals surface area contributed by atoms with Gasteiger partial charge in [-0.15, -0.1) is 0 Å². The predicted molar refractivity (Wildman–Crippen MR) is 166 cm³/mol. The van der Waals surface area contributed by atoms with Gasteiger partial charge in [-0.2, -0.15) is 0 Å². The third-order valence-electron chi connectivity index (χ3n) is 8.35. The largest absolute Gasteiger partial charge is 0.493 e. The number of ether oxygens (including phenoxy) is 2. The zero-order valence-electron chi connectivity index (χ0n) is 24.8. The molecule has 1 aliphatic heterocycles. The summed E-state index contributed by atoms with van der Waals surface area (Å²) in [6, 6.07) is 11.7. The molecule has 0 unspecified atom stereocenters. The van der Waals surface area contributed by atoms with Gasteiger partial charge in [0, 0.05) is 52.3 Å². The molecule has 5 rings (SSSR count). The number of Topliss-reactive ketones (excluding diaryl/α,β-unsaturated/α-hetero) is 2. The van der Waals surface area contributed by atoms with E-state index in [9.17, 15) is 9.59 Å². The monoisotopic (exact) mass is 639 g/mol. The highest BCUT2D eigenvalue weighted by atomic mass is 79.9. The minimum atomic E-state index is -0.479. The molecule has 0 spiro atoms. The number of rotatable bonds is 7. The summed E-state index contributed by atoms with van der Waals surface area (Å²) in [5.74, 6) is 0.665. The molecule has 2 aromatic rings. The van der Waals surface area contributed by atoms with Crippen molar-refractivity contribution >= 4 is 39.1 Å². The number of hydrogen-bond donors (Lipinski definition) is 0. The number of allylic oxidation sites excluding steroid dienone is 4. The zero-order valence-corrected chi connectivity index (χ0v) is 27.2. The number of methoxy groups -OCH3 is 1. The lowest BCUT2D eigenvalue weighted by Gasteiger charge is -2.49. The Bertz CT molecular complexity index is 1400. The molecule has 0 radical (unpaired) electrons. The van der Waals surface area contributed by atoms with Crippen molar-refractivity contribution in [1.29, 1.82) is 0 Å². The highest BCUT2D eigenvalue weighted by Gasteiger charge is 2.49. The average Bonchev–Trinajstić information content (AvgIpc) is 2.88. The van der Waals surface area contributed by atoms with E-state index in [0.29, 0.717) is 36.0 Å². The molecule has 2 aromatic carbocycles. The number of benzene rings is 2. The number of nitrogens with zero attached hydrogens (tertiary/aromatic N) is 1. The quantitative estimate of drug-likeness (QED) is 0.303. The smallest absolute Gasteiger partial charge is 0.180 e. The second-order valence-electron chi connectivity index (χ2n) is 13.1. The van der Waals surface area contributed by atoms with Crippen LogP contribution in [0, 0.1) is 10.8 Å². The van der Waals surface area contributed by atoms with Crippen molar-refractivity contribution in [2.24, 2.45) is 10.8 Å². The second kappa shape index (κ2) is 11.3. The van der Waals surface area contributed by atoms with Crippen LogP contribution in [0.4, 0.5) is 0 Å². The topological polar surface area (TPSA) is 55.8 Å². The highest BCUT2D eigenvalue weighted by Crippen LogP contribution is 2.55. The minimum Gasteiger partial charge on any atom is -0.493 e. The highest BCUT2D eigenvalue weighted by molar-refractivity contribution is 9.10. The SMILES string of the molecule is CCCN1C2=C(C(=O)CC(C)(C)C2)C(c2cc(Cl)c(OCc3ccc(Br)cc3)c(OC)c2)C2=C1CC(C)(C)CC2=O. The molecule has 0 saturated carbocycles. The summed E-state index contributed by atoms with van der Waals surface area (Å²) < 4.78 is 12.9. The van der Waals surface area contributed by atoms with Crippen molar-refractivity contribution in [2.75, 3.05) is 13.7 Å². The van der Waals surface area contributed by atoms with Gasteiger partial charge < -0.3 is 14.4 Å². The summed E-state index contributed by atoms with van der Waals surface area (Å²) in [7, 11) is 1.59. The Morgan fingerprint density at radius 3 is 2.00 bits per heavy atom. The van der Waals surface area contributed by atoms with E-state index in [1.54, 1.807) is 7.11 Å². The predicted octanol–water partition coefficient (Wildman–Crippen LogP) is 8.79. The Morgan fingerprint density at radius 2 is 1.49 bits per heavy atom. The van der Waals surface area contributed by atoms with Gasteiger partial charge in [0.2, 0.25) is 0 Å². The molecule has 41 heavy (non-hydrogen) atoms. The standard InChI is InChI=1S/C34H39BrClNO4/c1-7-12-37-24-15-33(2,3)17-26(38)30(24)29(31-25(37)16-34(4,5)18-27(31)39)21-13-23(36)32(28(14-21)40-6)41-19-20-8-10-22(35)11-9-20/h8-11,13-14,29H,7,12,15-19H2,1-6H3. The van der Waals surface area contributed by atoms with Crippen molar-refractivity contribution in [3.05, 3.63) is 79.6 Å². The van der Waals surface area contributed by atoms with Gasteiger partial charge in [0.1, 0.15) is 6.61 Å². The summed E-state index contributed by atoms with van der Waals surface area (Å²) in [4.78, 5) is 30.2. The zero-order chi connectivity index (χ0) is 29.7. The van der Waals surface area contributed by atoms with Crippen LogP contribution in [0.15, 0.2) is 63.4 Å². The van der Waals surface area contributed by atoms with Crippen LogP contribution < -0.4 is 9.47 Å². The van der Waals surface area contributed by atoms with E-state index in [1.807, 2.05) is 36.4 Å². The van der Waals surface area contributed by atoms with Crippen LogP contribution in [0.1, 0.15) is 83.8 Å². The Hall–Kier alpha value is -2.57. The minimum absolute atomic E-state index is 0.109. The Morgan fingerprint density at radius 1 is 0.927 bits per heavy atom. The van der Waals surface area contributed by atoms with E-state index in [2.05, 4.69) is 55.4 Å². The fourth-order valence-corrected chi connectivity index (χ4v) is 7.20. The number of hydrogen-bond acceptors (Lipinski definition) is 5. The van der Waals surface area contributed by atoms with Crippen LogP contribution >= 0.6 is 27.5 Å². The van der Waals surface area contributed by atoms with Gasteiger partial charge in [-0.3, -0.25) is 9.59 Å². The molecule has 0 atom stereocenters. The van der Waals surface area contributed by atoms with Gasteiger partial charge in [-0.1, -0.05) is 74.3 Å². The van der Waals surface area contributed by atoms with Gasteiger partial charge in [-0.25, -0.2) is 0 Å². The maximum absolute atomic E-state index is 14.0. The Balaban J connectivity index is 1.65. The molecule has 7 heteroatoms. The van der Waals surface area contributed by atoms with Crippen LogP contribution in [0.3, 0.4) is 0 Å².